The third-order valence-corrected chi connectivity index (χ3v) is 4.10. The number of rotatable bonds is 7. The Morgan fingerprint density at radius 2 is 1.86 bits per heavy atom. The fourth-order valence-electron chi connectivity index (χ4n) is 2.53. The van der Waals surface area contributed by atoms with Crippen molar-refractivity contribution in [2.75, 3.05) is 12.4 Å². The highest BCUT2D eigenvalue weighted by molar-refractivity contribution is 6.01. The molecule has 0 spiro atoms. The van der Waals surface area contributed by atoms with E-state index in [4.69, 9.17) is 9.26 Å². The van der Waals surface area contributed by atoms with Crippen molar-refractivity contribution in [1.82, 2.24) is 10.1 Å². The van der Waals surface area contributed by atoms with Gasteiger partial charge < -0.3 is 14.6 Å². The summed E-state index contributed by atoms with van der Waals surface area (Å²) in [5.41, 5.74) is 2.69. The van der Waals surface area contributed by atoms with Crippen LogP contribution in [0.15, 0.2) is 59.1 Å². The van der Waals surface area contributed by atoms with Gasteiger partial charge in [-0.05, 0) is 41.5 Å². The molecule has 28 heavy (non-hydrogen) atoms. The highest BCUT2D eigenvalue weighted by Crippen LogP contribution is 2.16. The molecule has 6 heteroatoms. The number of methoxy groups -OCH3 is 1. The third kappa shape index (κ3) is 5.30. The lowest BCUT2D eigenvalue weighted by atomic mass is 10.1. The molecule has 1 aromatic heterocycles. The summed E-state index contributed by atoms with van der Waals surface area (Å²) in [6, 6.07) is 15.1. The molecule has 3 rings (SSSR count). The van der Waals surface area contributed by atoms with Gasteiger partial charge in [0.25, 0.3) is 0 Å². The Bertz CT molecular complexity index is 942. The summed E-state index contributed by atoms with van der Waals surface area (Å²) < 4.78 is 10.3. The van der Waals surface area contributed by atoms with E-state index < -0.39 is 0 Å². The number of amides is 1. The van der Waals surface area contributed by atoms with E-state index >= 15 is 0 Å². The van der Waals surface area contributed by atoms with Crippen molar-refractivity contribution >= 4 is 17.7 Å². The first-order valence-electron chi connectivity index (χ1n) is 9.08. The molecule has 0 aliphatic carbocycles. The zero-order valence-electron chi connectivity index (χ0n) is 16.2. The number of carbonyl (C=O) groups is 1. The molecule has 0 saturated carbocycles. The molecule has 1 heterocycles. The van der Waals surface area contributed by atoms with Gasteiger partial charge in [-0.3, -0.25) is 4.79 Å². The molecule has 0 fully saturated rings. The minimum atomic E-state index is -0.191. The number of nitrogens with zero attached hydrogens (tertiary/aromatic N) is 2. The van der Waals surface area contributed by atoms with Crippen molar-refractivity contribution < 1.29 is 14.1 Å². The second kappa shape index (κ2) is 8.99. The van der Waals surface area contributed by atoms with Crippen LogP contribution in [0.3, 0.4) is 0 Å². The molecule has 0 aliphatic heterocycles. The van der Waals surface area contributed by atoms with E-state index in [9.17, 15) is 4.79 Å². The van der Waals surface area contributed by atoms with Gasteiger partial charge in [0.05, 0.1) is 7.11 Å². The second-order valence-electron chi connectivity index (χ2n) is 6.67. The Balaban J connectivity index is 1.55. The van der Waals surface area contributed by atoms with Gasteiger partial charge in [-0.1, -0.05) is 43.3 Å². The Kier molecular flexibility index (Phi) is 6.22. The highest BCUT2D eigenvalue weighted by Gasteiger charge is 2.10. The van der Waals surface area contributed by atoms with Gasteiger partial charge in [0, 0.05) is 24.1 Å². The van der Waals surface area contributed by atoms with Crippen LogP contribution in [0, 0.1) is 0 Å². The molecule has 0 atom stereocenters. The average molecular weight is 377 g/mol. The van der Waals surface area contributed by atoms with Gasteiger partial charge in [-0.2, -0.15) is 4.98 Å². The number of ether oxygens (including phenoxy) is 1. The van der Waals surface area contributed by atoms with Crippen LogP contribution in [-0.2, 0) is 11.2 Å². The average Bonchev–Trinajstić information content (AvgIpc) is 3.17. The van der Waals surface area contributed by atoms with E-state index in [1.165, 1.54) is 6.08 Å². The molecule has 0 aliphatic rings. The number of hydrogen-bond donors (Lipinski definition) is 1. The van der Waals surface area contributed by atoms with E-state index in [-0.39, 0.29) is 11.8 Å². The molecule has 1 amide bonds. The van der Waals surface area contributed by atoms with Crippen LogP contribution in [0.25, 0.3) is 6.08 Å². The summed E-state index contributed by atoms with van der Waals surface area (Å²) >= 11 is 0. The Morgan fingerprint density at radius 3 is 2.46 bits per heavy atom. The standard InChI is InChI=1S/C22H23N3O3/c1-15(2)22-24-20(25-28-22)14-17-4-9-18(10-5-17)23-21(26)13-8-16-6-11-19(27-3)12-7-16/h4-13,15H,14H2,1-3H3,(H,23,26)/b13-8+. The van der Waals surface area contributed by atoms with Gasteiger partial charge >= 0.3 is 0 Å². The minimum Gasteiger partial charge on any atom is -0.497 e. The molecule has 0 bridgehead atoms. The maximum atomic E-state index is 12.1. The van der Waals surface area contributed by atoms with Gasteiger partial charge in [0.2, 0.25) is 11.8 Å². The first kappa shape index (κ1) is 19.4. The van der Waals surface area contributed by atoms with Gasteiger partial charge in [-0.25, -0.2) is 0 Å². The first-order valence-corrected chi connectivity index (χ1v) is 9.08. The molecule has 0 radical (unpaired) electrons. The Morgan fingerprint density at radius 1 is 1.14 bits per heavy atom. The van der Waals surface area contributed by atoms with E-state index in [0.717, 1.165) is 22.6 Å². The van der Waals surface area contributed by atoms with Crippen LogP contribution < -0.4 is 10.1 Å². The van der Waals surface area contributed by atoms with Crippen molar-refractivity contribution in [3.05, 3.63) is 77.4 Å². The summed E-state index contributed by atoms with van der Waals surface area (Å²) in [5.74, 6) is 2.10. The van der Waals surface area contributed by atoms with E-state index in [2.05, 4.69) is 15.5 Å². The fourth-order valence-corrected chi connectivity index (χ4v) is 2.53. The van der Waals surface area contributed by atoms with Crippen LogP contribution in [0.4, 0.5) is 5.69 Å². The van der Waals surface area contributed by atoms with Gasteiger partial charge in [-0.15, -0.1) is 0 Å². The predicted molar refractivity (Wildman–Crippen MR) is 108 cm³/mol. The zero-order valence-corrected chi connectivity index (χ0v) is 16.2. The normalized spacial score (nSPS) is 11.1. The van der Waals surface area contributed by atoms with Crippen LogP contribution in [-0.4, -0.2) is 23.2 Å². The van der Waals surface area contributed by atoms with Crippen LogP contribution >= 0.6 is 0 Å². The molecule has 0 unspecified atom stereocenters. The van der Waals surface area contributed by atoms with E-state index in [1.54, 1.807) is 13.2 Å². The summed E-state index contributed by atoms with van der Waals surface area (Å²) in [6.07, 6.45) is 3.84. The number of anilines is 1. The summed E-state index contributed by atoms with van der Waals surface area (Å²) in [5, 5.41) is 6.84. The largest absolute Gasteiger partial charge is 0.497 e. The smallest absolute Gasteiger partial charge is 0.248 e. The molecule has 2 aromatic carbocycles. The molecular formula is C22H23N3O3. The number of benzene rings is 2. The molecule has 1 N–H and O–H groups in total. The van der Waals surface area contributed by atoms with Crippen LogP contribution in [0.2, 0.25) is 0 Å². The molecule has 6 nitrogen and oxygen atoms in total. The lowest BCUT2D eigenvalue weighted by Gasteiger charge is -2.04. The van der Waals surface area contributed by atoms with Crippen LogP contribution in [0.1, 0.15) is 42.6 Å². The predicted octanol–water partition coefficient (Wildman–Crippen LogP) is 4.44. The monoisotopic (exact) mass is 377 g/mol. The molecular weight excluding hydrogens is 354 g/mol. The lowest BCUT2D eigenvalue weighted by molar-refractivity contribution is -0.111. The number of hydrogen-bond acceptors (Lipinski definition) is 5. The van der Waals surface area contributed by atoms with Crippen LogP contribution in [0.5, 0.6) is 5.75 Å². The summed E-state index contributed by atoms with van der Waals surface area (Å²) in [6.45, 7) is 4.02. The SMILES string of the molecule is COc1ccc(/C=C/C(=O)Nc2ccc(Cc3noc(C(C)C)n3)cc2)cc1. The topological polar surface area (TPSA) is 77.2 Å². The number of carbonyl (C=O) groups excluding carboxylic acids is 1. The maximum absolute atomic E-state index is 12.1. The summed E-state index contributed by atoms with van der Waals surface area (Å²) in [4.78, 5) is 16.5. The molecule has 144 valence electrons. The fraction of sp³-hybridized carbons (Fsp3) is 0.227. The molecule has 0 saturated heterocycles. The second-order valence-corrected chi connectivity index (χ2v) is 6.67. The maximum Gasteiger partial charge on any atom is 0.248 e. The summed E-state index contributed by atoms with van der Waals surface area (Å²) in [7, 11) is 1.62. The van der Waals surface area contributed by atoms with Crippen molar-refractivity contribution in [2.24, 2.45) is 0 Å². The third-order valence-electron chi connectivity index (χ3n) is 4.10. The minimum absolute atomic E-state index is 0.191. The van der Waals surface area contributed by atoms with Crippen molar-refractivity contribution in [3.63, 3.8) is 0 Å². The quantitative estimate of drug-likeness (QED) is 0.616. The molecule has 3 aromatic rings. The Labute approximate surface area is 164 Å². The van der Waals surface area contributed by atoms with E-state index in [0.29, 0.717) is 18.1 Å². The van der Waals surface area contributed by atoms with Crippen molar-refractivity contribution in [2.45, 2.75) is 26.2 Å². The zero-order chi connectivity index (χ0) is 19.9. The van der Waals surface area contributed by atoms with E-state index in [1.807, 2.05) is 62.4 Å². The highest BCUT2D eigenvalue weighted by atomic mass is 16.5. The van der Waals surface area contributed by atoms with Crippen molar-refractivity contribution in [1.29, 1.82) is 0 Å². The number of nitrogens with one attached hydrogen (secondary N) is 1. The Hall–Kier alpha value is -3.41. The van der Waals surface area contributed by atoms with Crippen molar-refractivity contribution in [3.8, 4) is 5.75 Å². The van der Waals surface area contributed by atoms with Gasteiger partial charge in [0.15, 0.2) is 5.82 Å². The first-order chi connectivity index (χ1) is 13.5. The lowest BCUT2D eigenvalue weighted by Crippen LogP contribution is -2.07. The number of aromatic nitrogens is 2. The van der Waals surface area contributed by atoms with Gasteiger partial charge in [0.1, 0.15) is 5.75 Å².